The predicted molar refractivity (Wildman–Crippen MR) is 130 cm³/mol. The van der Waals surface area contributed by atoms with E-state index < -0.39 is 11.7 Å². The summed E-state index contributed by atoms with van der Waals surface area (Å²) < 4.78 is 46.2. The lowest BCUT2D eigenvalue weighted by atomic mass is 9.99. The Hall–Kier alpha value is -3.51. The first-order valence-electron chi connectivity index (χ1n) is 11.3. The van der Waals surface area contributed by atoms with Crippen LogP contribution in [0.2, 0.25) is 0 Å². The third kappa shape index (κ3) is 4.46. The summed E-state index contributed by atoms with van der Waals surface area (Å²) in [4.78, 5) is 1.91. The highest BCUT2D eigenvalue weighted by Gasteiger charge is 2.32. The van der Waals surface area contributed by atoms with E-state index >= 15 is 0 Å². The zero-order chi connectivity index (χ0) is 23.7. The average Bonchev–Trinajstić information content (AvgIpc) is 2.86. The number of hydrogen-bond acceptors (Lipinski definition) is 3. The maximum atomic E-state index is 13.3. The van der Waals surface area contributed by atoms with Gasteiger partial charge in [0.2, 0.25) is 0 Å². The quantitative estimate of drug-likeness (QED) is 0.342. The molecule has 0 aromatic heterocycles. The lowest BCUT2D eigenvalue weighted by Gasteiger charge is -2.37. The summed E-state index contributed by atoms with van der Waals surface area (Å²) in [5, 5.41) is 5.95. The number of nitrogens with zero attached hydrogens (tertiary/aromatic N) is 1. The van der Waals surface area contributed by atoms with E-state index in [-0.39, 0.29) is 12.1 Å². The van der Waals surface area contributed by atoms with E-state index in [1.807, 2.05) is 41.3 Å². The Bertz CT molecular complexity index is 1300. The Balaban J connectivity index is 1.38. The molecule has 1 N–H and O–H groups in total. The molecule has 1 aliphatic rings. The van der Waals surface area contributed by atoms with E-state index in [0.717, 1.165) is 11.8 Å². The van der Waals surface area contributed by atoms with Crippen LogP contribution in [0, 0.1) is 0 Å². The molecule has 6 heteroatoms. The Kier molecular flexibility index (Phi) is 5.92. The molecule has 1 heterocycles. The van der Waals surface area contributed by atoms with Crippen molar-refractivity contribution in [2.45, 2.75) is 25.2 Å². The van der Waals surface area contributed by atoms with Gasteiger partial charge in [0, 0.05) is 18.3 Å². The number of rotatable bonds is 5. The lowest BCUT2D eigenvalue weighted by molar-refractivity contribution is -0.137. The van der Waals surface area contributed by atoms with Gasteiger partial charge in [0.15, 0.2) is 0 Å². The van der Waals surface area contributed by atoms with E-state index in [1.165, 1.54) is 28.5 Å². The number of fused-ring (bicyclic) bond motifs is 2. The topological polar surface area (TPSA) is 24.5 Å². The van der Waals surface area contributed by atoms with Crippen LogP contribution in [0.1, 0.15) is 24.1 Å². The molecule has 0 spiro atoms. The minimum Gasteiger partial charge on any atom is -0.485 e. The second kappa shape index (κ2) is 9.03. The monoisotopic (exact) mass is 462 g/mol. The molecular weight excluding hydrogens is 437 g/mol. The van der Waals surface area contributed by atoms with Crippen LogP contribution < -0.4 is 15.0 Å². The van der Waals surface area contributed by atoms with Crippen molar-refractivity contribution in [3.63, 3.8) is 0 Å². The average molecular weight is 463 g/mol. The van der Waals surface area contributed by atoms with Crippen molar-refractivity contribution in [2.24, 2.45) is 0 Å². The summed E-state index contributed by atoms with van der Waals surface area (Å²) in [7, 11) is 0. The molecule has 0 saturated carbocycles. The lowest BCUT2D eigenvalue weighted by Crippen LogP contribution is -2.44. The highest BCUT2D eigenvalue weighted by atomic mass is 19.4. The van der Waals surface area contributed by atoms with Crippen LogP contribution in [0.3, 0.4) is 0 Å². The standard InChI is InChI=1S/C28H25F3N2O/c1-19(24-13-6-9-20-8-2-3-12-25(20)24)32-17-23-18-33(26-14-4-5-15-27(26)34-23)22-11-7-10-21(16-22)28(29,30)31/h2-16,19,23,32H,17-18H2,1H3/t19-,23?/m1/s1. The molecular formula is C28H25F3N2O. The SMILES string of the molecule is C[C@@H](NCC1CN(c2cccc(C(F)(F)F)c2)c2ccccc2O1)c1cccc2ccccc12. The van der Waals surface area contributed by atoms with Gasteiger partial charge in [0.1, 0.15) is 11.9 Å². The molecule has 0 aliphatic carbocycles. The van der Waals surface area contributed by atoms with Crippen LogP contribution in [0.25, 0.3) is 10.8 Å². The summed E-state index contributed by atoms with van der Waals surface area (Å²) in [5.74, 6) is 0.663. The molecule has 5 rings (SSSR count). The van der Waals surface area contributed by atoms with Crippen molar-refractivity contribution in [2.75, 3.05) is 18.0 Å². The van der Waals surface area contributed by atoms with Gasteiger partial charge in [-0.1, -0.05) is 60.7 Å². The normalized spacial score (nSPS) is 16.7. The van der Waals surface area contributed by atoms with Gasteiger partial charge in [0.05, 0.1) is 17.8 Å². The van der Waals surface area contributed by atoms with Gasteiger partial charge in [-0.2, -0.15) is 13.2 Å². The fourth-order valence-electron chi connectivity index (χ4n) is 4.55. The first-order valence-corrected chi connectivity index (χ1v) is 11.3. The number of benzene rings is 4. The first kappa shape index (κ1) is 22.3. The molecule has 1 aliphatic heterocycles. The van der Waals surface area contributed by atoms with Crippen LogP contribution in [-0.2, 0) is 6.18 Å². The predicted octanol–water partition coefficient (Wildman–Crippen LogP) is 7.11. The summed E-state index contributed by atoms with van der Waals surface area (Å²) in [5.41, 5.74) is 1.80. The van der Waals surface area contributed by atoms with Gasteiger partial charge >= 0.3 is 6.18 Å². The van der Waals surface area contributed by atoms with E-state index in [1.54, 1.807) is 6.07 Å². The number of hydrogen-bond donors (Lipinski definition) is 1. The zero-order valence-corrected chi connectivity index (χ0v) is 18.7. The number of ether oxygens (including phenoxy) is 1. The highest BCUT2D eigenvalue weighted by molar-refractivity contribution is 5.86. The number of halogens is 3. The Labute approximate surface area is 196 Å². The molecule has 4 aromatic carbocycles. The van der Waals surface area contributed by atoms with Crippen molar-refractivity contribution >= 4 is 22.1 Å². The van der Waals surface area contributed by atoms with Crippen LogP contribution in [-0.4, -0.2) is 19.2 Å². The third-order valence-electron chi connectivity index (χ3n) is 6.26. The Morgan fingerprint density at radius 1 is 0.941 bits per heavy atom. The largest absolute Gasteiger partial charge is 0.485 e. The zero-order valence-electron chi connectivity index (χ0n) is 18.7. The van der Waals surface area contributed by atoms with Crippen molar-refractivity contribution < 1.29 is 17.9 Å². The van der Waals surface area contributed by atoms with Gasteiger partial charge in [-0.3, -0.25) is 0 Å². The molecule has 0 saturated heterocycles. The van der Waals surface area contributed by atoms with E-state index in [4.69, 9.17) is 4.74 Å². The number of nitrogens with one attached hydrogen (secondary N) is 1. The van der Waals surface area contributed by atoms with Crippen molar-refractivity contribution in [1.29, 1.82) is 0 Å². The fourth-order valence-corrected chi connectivity index (χ4v) is 4.55. The third-order valence-corrected chi connectivity index (χ3v) is 6.26. The van der Waals surface area contributed by atoms with Gasteiger partial charge < -0.3 is 15.0 Å². The second-order valence-electron chi connectivity index (χ2n) is 8.56. The van der Waals surface area contributed by atoms with Crippen molar-refractivity contribution in [3.8, 4) is 5.75 Å². The Morgan fingerprint density at radius 2 is 1.68 bits per heavy atom. The number of alkyl halides is 3. The van der Waals surface area contributed by atoms with Gasteiger partial charge in [-0.15, -0.1) is 0 Å². The summed E-state index contributed by atoms with van der Waals surface area (Å²) >= 11 is 0. The molecule has 34 heavy (non-hydrogen) atoms. The highest BCUT2D eigenvalue weighted by Crippen LogP contribution is 2.40. The molecule has 1 unspecified atom stereocenters. The maximum Gasteiger partial charge on any atom is 0.416 e. The molecule has 0 bridgehead atoms. The summed E-state index contributed by atoms with van der Waals surface area (Å²) in [6.07, 6.45) is -4.63. The van der Waals surface area contributed by atoms with Crippen LogP contribution in [0.4, 0.5) is 24.5 Å². The first-order chi connectivity index (χ1) is 16.4. The van der Waals surface area contributed by atoms with Crippen molar-refractivity contribution in [3.05, 3.63) is 102 Å². The summed E-state index contributed by atoms with van der Waals surface area (Å²) in [6.45, 7) is 3.10. The van der Waals surface area contributed by atoms with Crippen molar-refractivity contribution in [1.82, 2.24) is 5.32 Å². The molecule has 0 amide bonds. The fraction of sp³-hybridized carbons (Fsp3) is 0.214. The van der Waals surface area contributed by atoms with Gasteiger partial charge in [-0.25, -0.2) is 0 Å². The number of anilines is 2. The van der Waals surface area contributed by atoms with E-state index in [0.29, 0.717) is 24.5 Å². The van der Waals surface area contributed by atoms with Gasteiger partial charge in [-0.05, 0) is 53.6 Å². The molecule has 174 valence electrons. The number of para-hydroxylation sites is 2. The van der Waals surface area contributed by atoms with E-state index in [9.17, 15) is 13.2 Å². The summed E-state index contributed by atoms with van der Waals surface area (Å²) in [6, 6.07) is 27.5. The molecule has 3 nitrogen and oxygen atoms in total. The molecule has 4 aromatic rings. The van der Waals surface area contributed by atoms with E-state index in [2.05, 4.69) is 42.6 Å². The Morgan fingerprint density at radius 3 is 2.53 bits per heavy atom. The molecule has 0 fully saturated rings. The molecule has 2 atom stereocenters. The minimum atomic E-state index is -4.39. The van der Waals surface area contributed by atoms with Gasteiger partial charge in [0.25, 0.3) is 0 Å². The molecule has 0 radical (unpaired) electrons. The maximum absolute atomic E-state index is 13.3. The minimum absolute atomic E-state index is 0.0777. The van der Waals surface area contributed by atoms with Crippen LogP contribution in [0.5, 0.6) is 5.75 Å². The van der Waals surface area contributed by atoms with Crippen LogP contribution in [0.15, 0.2) is 91.0 Å². The smallest absolute Gasteiger partial charge is 0.416 e. The second-order valence-corrected chi connectivity index (χ2v) is 8.56. The van der Waals surface area contributed by atoms with Crippen LogP contribution >= 0.6 is 0 Å².